The third-order valence-electron chi connectivity index (χ3n) is 2.71. The first-order chi connectivity index (χ1) is 9.16. The molecule has 2 aromatic carbocycles. The number of carbonyl (C=O) groups is 1. The molecular formula is C15H13Cl2NO. The summed E-state index contributed by atoms with van der Waals surface area (Å²) in [7, 11) is 0. The van der Waals surface area contributed by atoms with Gasteiger partial charge in [-0.05, 0) is 36.2 Å². The van der Waals surface area contributed by atoms with E-state index in [2.05, 4.69) is 5.32 Å². The van der Waals surface area contributed by atoms with Crippen LogP contribution in [0, 0.1) is 0 Å². The van der Waals surface area contributed by atoms with E-state index in [9.17, 15) is 4.79 Å². The molecule has 0 aromatic heterocycles. The second kappa shape index (κ2) is 6.60. The Balaban J connectivity index is 1.90. The highest BCUT2D eigenvalue weighted by Crippen LogP contribution is 2.14. The van der Waals surface area contributed by atoms with Crippen LogP contribution in [-0.2, 0) is 6.42 Å². The number of nitrogens with one attached hydrogen (secondary N) is 1. The van der Waals surface area contributed by atoms with Crippen molar-refractivity contribution in [2.45, 2.75) is 6.42 Å². The Bertz CT molecular complexity index is 584. The Kier molecular flexibility index (Phi) is 4.83. The maximum atomic E-state index is 11.9. The Hall–Kier alpha value is -1.51. The molecule has 2 nitrogen and oxygen atoms in total. The zero-order valence-corrected chi connectivity index (χ0v) is 11.7. The summed E-state index contributed by atoms with van der Waals surface area (Å²) in [4.78, 5) is 11.9. The molecule has 0 saturated carbocycles. The van der Waals surface area contributed by atoms with Gasteiger partial charge in [-0.1, -0.05) is 47.5 Å². The van der Waals surface area contributed by atoms with E-state index < -0.39 is 0 Å². The molecule has 0 unspecified atom stereocenters. The van der Waals surface area contributed by atoms with Crippen molar-refractivity contribution in [3.63, 3.8) is 0 Å². The van der Waals surface area contributed by atoms with Crippen LogP contribution in [0.4, 0.5) is 0 Å². The summed E-state index contributed by atoms with van der Waals surface area (Å²) in [5, 5.41) is 4.01. The van der Waals surface area contributed by atoms with Crippen LogP contribution < -0.4 is 5.32 Å². The van der Waals surface area contributed by atoms with E-state index in [0.717, 1.165) is 12.0 Å². The fraction of sp³-hybridized carbons (Fsp3) is 0.133. The monoisotopic (exact) mass is 293 g/mol. The van der Waals surface area contributed by atoms with Gasteiger partial charge < -0.3 is 5.32 Å². The van der Waals surface area contributed by atoms with E-state index in [-0.39, 0.29) is 5.91 Å². The van der Waals surface area contributed by atoms with Crippen molar-refractivity contribution in [2.75, 3.05) is 6.54 Å². The highest BCUT2D eigenvalue weighted by Gasteiger charge is 2.08. The number of hydrogen-bond acceptors (Lipinski definition) is 1. The number of amides is 1. The second-order valence-electron chi connectivity index (χ2n) is 4.12. The molecule has 2 rings (SSSR count). The topological polar surface area (TPSA) is 29.1 Å². The Morgan fingerprint density at radius 1 is 1.05 bits per heavy atom. The molecule has 4 heteroatoms. The van der Waals surface area contributed by atoms with E-state index in [0.29, 0.717) is 22.2 Å². The lowest BCUT2D eigenvalue weighted by atomic mass is 10.1. The van der Waals surface area contributed by atoms with E-state index in [1.54, 1.807) is 24.3 Å². The zero-order chi connectivity index (χ0) is 13.7. The quantitative estimate of drug-likeness (QED) is 0.908. The molecule has 0 aliphatic rings. The van der Waals surface area contributed by atoms with Crippen molar-refractivity contribution in [2.24, 2.45) is 0 Å². The predicted octanol–water partition coefficient (Wildman–Crippen LogP) is 3.97. The minimum Gasteiger partial charge on any atom is -0.352 e. The van der Waals surface area contributed by atoms with Gasteiger partial charge >= 0.3 is 0 Å². The first-order valence-electron chi connectivity index (χ1n) is 5.94. The van der Waals surface area contributed by atoms with Gasteiger partial charge in [-0.25, -0.2) is 0 Å². The van der Waals surface area contributed by atoms with Crippen molar-refractivity contribution < 1.29 is 4.79 Å². The van der Waals surface area contributed by atoms with Crippen molar-refractivity contribution >= 4 is 29.1 Å². The van der Waals surface area contributed by atoms with E-state index in [4.69, 9.17) is 23.2 Å². The molecule has 1 N–H and O–H groups in total. The third kappa shape index (κ3) is 3.98. The molecule has 0 aliphatic heterocycles. The van der Waals surface area contributed by atoms with Crippen LogP contribution in [-0.4, -0.2) is 12.5 Å². The van der Waals surface area contributed by atoms with Crippen LogP contribution in [0.25, 0.3) is 0 Å². The van der Waals surface area contributed by atoms with Crippen LogP contribution in [0.15, 0.2) is 48.5 Å². The number of hydrogen-bond donors (Lipinski definition) is 1. The average molecular weight is 294 g/mol. The van der Waals surface area contributed by atoms with Gasteiger partial charge in [-0.15, -0.1) is 0 Å². The van der Waals surface area contributed by atoms with Gasteiger partial charge in [0.15, 0.2) is 0 Å². The number of benzene rings is 2. The average Bonchev–Trinajstić information content (AvgIpc) is 2.39. The Morgan fingerprint density at radius 3 is 2.58 bits per heavy atom. The second-order valence-corrected chi connectivity index (χ2v) is 4.96. The summed E-state index contributed by atoms with van der Waals surface area (Å²) >= 11 is 11.9. The lowest BCUT2D eigenvalue weighted by Crippen LogP contribution is -2.25. The summed E-state index contributed by atoms with van der Waals surface area (Å²) in [6, 6.07) is 14.6. The van der Waals surface area contributed by atoms with Crippen molar-refractivity contribution in [3.05, 3.63) is 69.7 Å². The maximum Gasteiger partial charge on any atom is 0.252 e. The van der Waals surface area contributed by atoms with Gasteiger partial charge in [0.25, 0.3) is 5.91 Å². The molecule has 0 radical (unpaired) electrons. The number of carbonyl (C=O) groups excluding carboxylic acids is 1. The fourth-order valence-corrected chi connectivity index (χ4v) is 2.19. The minimum absolute atomic E-state index is 0.160. The van der Waals surface area contributed by atoms with Crippen molar-refractivity contribution in [3.8, 4) is 0 Å². The maximum absolute atomic E-state index is 11.9. The normalized spacial score (nSPS) is 10.2. The molecule has 0 aliphatic carbocycles. The van der Waals surface area contributed by atoms with Gasteiger partial charge in [0.2, 0.25) is 0 Å². The molecule has 19 heavy (non-hydrogen) atoms. The Morgan fingerprint density at radius 2 is 1.84 bits per heavy atom. The highest BCUT2D eigenvalue weighted by molar-refractivity contribution is 6.33. The zero-order valence-electron chi connectivity index (χ0n) is 10.2. The van der Waals surface area contributed by atoms with Crippen LogP contribution in [0.1, 0.15) is 15.9 Å². The number of rotatable bonds is 4. The third-order valence-corrected chi connectivity index (χ3v) is 3.27. The van der Waals surface area contributed by atoms with E-state index in [1.165, 1.54) is 0 Å². The van der Waals surface area contributed by atoms with Crippen molar-refractivity contribution in [1.82, 2.24) is 5.32 Å². The largest absolute Gasteiger partial charge is 0.352 e. The van der Waals surface area contributed by atoms with Crippen LogP contribution in [0.3, 0.4) is 0 Å². The Labute approximate surface area is 122 Å². The smallest absolute Gasteiger partial charge is 0.252 e. The summed E-state index contributed by atoms with van der Waals surface area (Å²) in [6.07, 6.45) is 0.733. The predicted molar refractivity (Wildman–Crippen MR) is 78.9 cm³/mol. The first kappa shape index (κ1) is 13.9. The lowest BCUT2D eigenvalue weighted by Gasteiger charge is -2.07. The fourth-order valence-electron chi connectivity index (χ4n) is 1.75. The standard InChI is InChI=1S/C15H13Cl2NO/c16-12-5-3-4-11(10-12)8-9-18-15(19)13-6-1-2-7-14(13)17/h1-7,10H,8-9H2,(H,18,19). The molecule has 1 amide bonds. The summed E-state index contributed by atoms with van der Waals surface area (Å²) in [6.45, 7) is 0.546. The summed E-state index contributed by atoms with van der Waals surface area (Å²) in [5.41, 5.74) is 1.59. The molecule has 0 spiro atoms. The molecule has 98 valence electrons. The van der Waals surface area contributed by atoms with Gasteiger partial charge in [0.1, 0.15) is 0 Å². The molecule has 0 heterocycles. The van der Waals surface area contributed by atoms with Gasteiger partial charge in [-0.2, -0.15) is 0 Å². The molecule has 0 atom stereocenters. The van der Waals surface area contributed by atoms with Crippen LogP contribution in [0.2, 0.25) is 10.0 Å². The molecule has 0 bridgehead atoms. The summed E-state index contributed by atoms with van der Waals surface area (Å²) < 4.78 is 0. The van der Waals surface area contributed by atoms with Crippen LogP contribution in [0.5, 0.6) is 0 Å². The number of halogens is 2. The highest BCUT2D eigenvalue weighted by atomic mass is 35.5. The van der Waals surface area contributed by atoms with Gasteiger partial charge in [0, 0.05) is 11.6 Å². The van der Waals surface area contributed by atoms with E-state index in [1.807, 2.05) is 24.3 Å². The van der Waals surface area contributed by atoms with E-state index >= 15 is 0 Å². The van der Waals surface area contributed by atoms with Crippen molar-refractivity contribution in [1.29, 1.82) is 0 Å². The molecule has 0 fully saturated rings. The SMILES string of the molecule is O=C(NCCc1cccc(Cl)c1)c1ccccc1Cl. The van der Waals surface area contributed by atoms with Gasteiger partial charge in [0.05, 0.1) is 10.6 Å². The molecular weight excluding hydrogens is 281 g/mol. The summed E-state index contributed by atoms with van der Waals surface area (Å²) in [5.74, 6) is -0.160. The minimum atomic E-state index is -0.160. The lowest BCUT2D eigenvalue weighted by molar-refractivity contribution is 0.0954. The molecule has 2 aromatic rings. The van der Waals surface area contributed by atoms with Gasteiger partial charge in [-0.3, -0.25) is 4.79 Å². The first-order valence-corrected chi connectivity index (χ1v) is 6.69. The van der Waals surface area contributed by atoms with Crippen LogP contribution >= 0.6 is 23.2 Å². The molecule has 0 saturated heterocycles.